The topological polar surface area (TPSA) is 151 Å². The van der Waals surface area contributed by atoms with Gasteiger partial charge in [0.15, 0.2) is 11.5 Å². The van der Waals surface area contributed by atoms with E-state index < -0.39 is 46.5 Å². The number of carboxylic acid groups (broad SMARTS) is 1. The van der Waals surface area contributed by atoms with Crippen LogP contribution in [0.25, 0.3) is 0 Å². The molecule has 0 aliphatic heterocycles. The normalized spacial score (nSPS) is 14.3. The van der Waals surface area contributed by atoms with Crippen molar-refractivity contribution >= 4 is 24.1 Å². The summed E-state index contributed by atoms with van der Waals surface area (Å²) in [6, 6.07) is 4.39. The molecule has 0 amide bonds. The van der Waals surface area contributed by atoms with Crippen molar-refractivity contribution in [3.05, 3.63) is 23.8 Å². The number of rotatable bonds is 11. The van der Waals surface area contributed by atoms with Crippen LogP contribution in [0, 0.1) is 16.7 Å². The van der Waals surface area contributed by atoms with Gasteiger partial charge in [0.25, 0.3) is 0 Å². The molecule has 10 heteroatoms. The minimum atomic E-state index is -1.83. The summed E-state index contributed by atoms with van der Waals surface area (Å²) in [4.78, 5) is 49.2. The molecule has 1 rings (SSSR count). The van der Waals surface area contributed by atoms with Gasteiger partial charge in [-0.3, -0.25) is 14.4 Å². The second kappa shape index (κ2) is 13.1. The van der Waals surface area contributed by atoms with E-state index in [4.69, 9.17) is 24.7 Å². The zero-order chi connectivity index (χ0) is 29.5. The summed E-state index contributed by atoms with van der Waals surface area (Å²) in [5.74, 6) is -2.09. The number of aliphatic carboxylic acids is 1. The number of carbonyl (C=O) groups is 4. The van der Waals surface area contributed by atoms with Crippen molar-refractivity contribution in [2.24, 2.45) is 22.5 Å². The lowest BCUT2D eigenvalue weighted by atomic mass is 9.86. The van der Waals surface area contributed by atoms with Gasteiger partial charge in [-0.05, 0) is 78.5 Å². The summed E-state index contributed by atoms with van der Waals surface area (Å²) in [5.41, 5.74) is 3.18. The van der Waals surface area contributed by atoms with E-state index >= 15 is 0 Å². The summed E-state index contributed by atoms with van der Waals surface area (Å²) in [6.07, 6.45) is -1.48. The van der Waals surface area contributed by atoms with E-state index in [1.165, 1.54) is 25.1 Å². The third-order valence-electron chi connectivity index (χ3n) is 5.45. The highest BCUT2D eigenvalue weighted by molar-refractivity contribution is 5.82. The van der Waals surface area contributed by atoms with Crippen LogP contribution < -0.4 is 15.2 Å². The Kier molecular flexibility index (Phi) is 11.3. The fourth-order valence-corrected chi connectivity index (χ4v) is 3.06. The van der Waals surface area contributed by atoms with Crippen LogP contribution in [0.3, 0.4) is 0 Å². The second-order valence-electron chi connectivity index (χ2n) is 12.1. The second-order valence-corrected chi connectivity index (χ2v) is 12.1. The Morgan fingerprint density at radius 3 is 1.89 bits per heavy atom. The van der Waals surface area contributed by atoms with Crippen LogP contribution in [-0.2, 0) is 30.3 Å². The van der Waals surface area contributed by atoms with Crippen molar-refractivity contribution in [3.8, 4) is 11.5 Å². The maximum atomic E-state index is 12.6. The summed E-state index contributed by atoms with van der Waals surface area (Å²) in [7, 11) is 0. The standard InChI is InChI=1S/C28H43NO9/c1-17(2)12-13-35-25(34)36-18(3)15-28(29,22(30)31)16-19-10-11-20(37-23(32)26(4,5)6)21(14-19)38-24(33)27(7,8)9/h10-11,14,17-18H,12-13,15-16,29H2,1-9H3,(H,30,31)/t18-,28?/m0/s1. The third-order valence-corrected chi connectivity index (χ3v) is 5.45. The number of hydrogen-bond donors (Lipinski definition) is 2. The van der Waals surface area contributed by atoms with Crippen LogP contribution in [-0.4, -0.2) is 47.4 Å². The van der Waals surface area contributed by atoms with Gasteiger partial charge in [0, 0.05) is 12.8 Å². The zero-order valence-corrected chi connectivity index (χ0v) is 24.0. The molecule has 38 heavy (non-hydrogen) atoms. The van der Waals surface area contributed by atoms with E-state index in [1.54, 1.807) is 41.5 Å². The molecule has 0 aliphatic carbocycles. The van der Waals surface area contributed by atoms with Gasteiger partial charge in [-0.15, -0.1) is 0 Å². The summed E-state index contributed by atoms with van der Waals surface area (Å²) < 4.78 is 21.2. The Bertz CT molecular complexity index is 1000. The number of nitrogens with two attached hydrogens (primary N) is 1. The summed E-state index contributed by atoms with van der Waals surface area (Å²) in [5, 5.41) is 9.91. The highest BCUT2D eigenvalue weighted by Gasteiger charge is 2.38. The minimum Gasteiger partial charge on any atom is -0.480 e. The fourth-order valence-electron chi connectivity index (χ4n) is 3.06. The Labute approximate surface area is 225 Å². The Hall–Kier alpha value is -3.14. The zero-order valence-electron chi connectivity index (χ0n) is 24.0. The molecule has 0 aliphatic rings. The van der Waals surface area contributed by atoms with Crippen molar-refractivity contribution < 1.29 is 43.2 Å². The Morgan fingerprint density at radius 2 is 1.42 bits per heavy atom. The summed E-state index contributed by atoms with van der Waals surface area (Å²) >= 11 is 0. The van der Waals surface area contributed by atoms with E-state index in [0.29, 0.717) is 17.9 Å². The first-order valence-corrected chi connectivity index (χ1v) is 12.7. The average Bonchev–Trinajstić information content (AvgIpc) is 2.73. The monoisotopic (exact) mass is 537 g/mol. The van der Waals surface area contributed by atoms with Gasteiger partial charge < -0.3 is 29.8 Å². The maximum Gasteiger partial charge on any atom is 0.508 e. The number of carboxylic acids is 1. The molecule has 0 aromatic heterocycles. The van der Waals surface area contributed by atoms with E-state index in [1.807, 2.05) is 13.8 Å². The van der Waals surface area contributed by atoms with Crippen molar-refractivity contribution in [1.29, 1.82) is 0 Å². The van der Waals surface area contributed by atoms with E-state index in [0.717, 1.165) is 0 Å². The first kappa shape index (κ1) is 32.9. The molecule has 10 nitrogen and oxygen atoms in total. The van der Waals surface area contributed by atoms with Crippen molar-refractivity contribution in [2.75, 3.05) is 6.61 Å². The molecular weight excluding hydrogens is 494 g/mol. The van der Waals surface area contributed by atoms with Gasteiger partial charge in [-0.25, -0.2) is 4.79 Å². The van der Waals surface area contributed by atoms with Gasteiger partial charge in [0.2, 0.25) is 0 Å². The highest BCUT2D eigenvalue weighted by atomic mass is 16.7. The van der Waals surface area contributed by atoms with Crippen molar-refractivity contribution in [2.45, 2.75) is 93.2 Å². The van der Waals surface area contributed by atoms with Gasteiger partial charge in [0.05, 0.1) is 17.4 Å². The molecule has 1 aromatic rings. The average molecular weight is 538 g/mol. The number of benzene rings is 1. The number of carbonyl (C=O) groups excluding carboxylic acids is 3. The van der Waals surface area contributed by atoms with Gasteiger partial charge >= 0.3 is 24.1 Å². The molecule has 2 atom stereocenters. The lowest BCUT2D eigenvalue weighted by Crippen LogP contribution is -2.52. The third kappa shape index (κ3) is 10.7. The number of esters is 2. The fraction of sp³-hybridized carbons (Fsp3) is 0.643. The van der Waals surface area contributed by atoms with Crippen LogP contribution in [0.4, 0.5) is 4.79 Å². The molecule has 214 valence electrons. The molecule has 0 radical (unpaired) electrons. The van der Waals surface area contributed by atoms with E-state index in [-0.39, 0.29) is 30.9 Å². The lowest BCUT2D eigenvalue weighted by Gasteiger charge is -2.28. The minimum absolute atomic E-state index is 0.0186. The van der Waals surface area contributed by atoms with Gasteiger partial charge in [-0.2, -0.15) is 0 Å². The molecule has 0 spiro atoms. The van der Waals surface area contributed by atoms with Crippen molar-refractivity contribution in [3.63, 3.8) is 0 Å². The molecule has 0 bridgehead atoms. The van der Waals surface area contributed by atoms with Crippen LogP contribution in [0.5, 0.6) is 11.5 Å². The highest BCUT2D eigenvalue weighted by Crippen LogP contribution is 2.34. The van der Waals surface area contributed by atoms with Crippen LogP contribution in [0.2, 0.25) is 0 Å². The quantitative estimate of drug-likeness (QED) is 0.295. The molecule has 0 heterocycles. The maximum absolute atomic E-state index is 12.6. The van der Waals surface area contributed by atoms with Crippen LogP contribution in [0.15, 0.2) is 18.2 Å². The smallest absolute Gasteiger partial charge is 0.480 e. The molecule has 0 saturated carbocycles. The summed E-state index contributed by atoms with van der Waals surface area (Å²) in [6.45, 7) is 15.8. The lowest BCUT2D eigenvalue weighted by molar-refractivity contribution is -0.145. The molecule has 0 saturated heterocycles. The van der Waals surface area contributed by atoms with Gasteiger partial charge in [0.1, 0.15) is 11.6 Å². The van der Waals surface area contributed by atoms with Gasteiger partial charge in [-0.1, -0.05) is 19.9 Å². The number of hydrogen-bond acceptors (Lipinski definition) is 9. The first-order chi connectivity index (χ1) is 17.2. The van der Waals surface area contributed by atoms with Crippen molar-refractivity contribution in [1.82, 2.24) is 0 Å². The van der Waals surface area contributed by atoms with E-state index in [9.17, 15) is 24.3 Å². The molecule has 1 unspecified atom stereocenters. The SMILES string of the molecule is CC(C)CCOC(=O)O[C@@H](C)CC(N)(Cc1ccc(OC(=O)C(C)(C)C)c(OC(=O)C(C)(C)C)c1)C(=O)O. The molecule has 1 aromatic carbocycles. The van der Waals surface area contributed by atoms with E-state index in [2.05, 4.69) is 0 Å². The molecule has 3 N–H and O–H groups in total. The molecular formula is C28H43NO9. The predicted molar refractivity (Wildman–Crippen MR) is 141 cm³/mol. The largest absolute Gasteiger partial charge is 0.508 e. The molecule has 0 fully saturated rings. The van der Waals surface area contributed by atoms with Crippen LogP contribution >= 0.6 is 0 Å². The van der Waals surface area contributed by atoms with Crippen LogP contribution in [0.1, 0.15) is 80.7 Å². The first-order valence-electron chi connectivity index (χ1n) is 12.7. The Balaban J connectivity index is 3.17. The predicted octanol–water partition coefficient (Wildman–Crippen LogP) is 4.89. The Morgan fingerprint density at radius 1 is 0.895 bits per heavy atom. The number of ether oxygens (including phenoxy) is 4.